The number of carbonyl (C=O) groups is 1. The molecule has 6 nitrogen and oxygen atoms in total. The Morgan fingerprint density at radius 1 is 1.48 bits per heavy atom. The molecule has 9 heteroatoms. The summed E-state index contributed by atoms with van der Waals surface area (Å²) >= 11 is 0. The van der Waals surface area contributed by atoms with Gasteiger partial charge in [-0.1, -0.05) is 0 Å². The molecule has 0 saturated carbocycles. The Kier molecular flexibility index (Phi) is 3.12. The van der Waals surface area contributed by atoms with Gasteiger partial charge in [0.2, 0.25) is 5.88 Å². The molecule has 1 aromatic heterocycles. The second-order valence-electron chi connectivity index (χ2n) is 5.15. The minimum atomic E-state index is -4.50. The third-order valence-electron chi connectivity index (χ3n) is 3.81. The predicted molar refractivity (Wildman–Crippen MR) is 64.0 cm³/mol. The molecule has 0 bridgehead atoms. The highest BCUT2D eigenvalue weighted by molar-refractivity contribution is 5.93. The van der Waals surface area contributed by atoms with Gasteiger partial charge in [0, 0.05) is 26.1 Å². The molecule has 1 amide bonds. The Balaban J connectivity index is 1.72. The molecular formula is C12H14F3N3O3. The molecule has 2 aliphatic rings. The average molecular weight is 305 g/mol. The van der Waals surface area contributed by atoms with E-state index in [2.05, 4.69) is 9.84 Å². The fraction of sp³-hybridized carbons (Fsp3) is 0.667. The first-order valence-electron chi connectivity index (χ1n) is 6.48. The van der Waals surface area contributed by atoms with Crippen LogP contribution in [0.15, 0.2) is 6.07 Å². The van der Waals surface area contributed by atoms with Gasteiger partial charge >= 0.3 is 6.18 Å². The number of ether oxygens (including phenoxy) is 2. The third kappa shape index (κ3) is 2.15. The van der Waals surface area contributed by atoms with Crippen LogP contribution < -0.4 is 4.74 Å². The van der Waals surface area contributed by atoms with E-state index in [9.17, 15) is 18.0 Å². The van der Waals surface area contributed by atoms with E-state index in [1.165, 1.54) is 6.07 Å². The van der Waals surface area contributed by atoms with Crippen molar-refractivity contribution in [3.05, 3.63) is 11.8 Å². The van der Waals surface area contributed by atoms with Crippen molar-refractivity contribution in [2.75, 3.05) is 26.8 Å². The maximum atomic E-state index is 12.9. The zero-order valence-electron chi connectivity index (χ0n) is 11.3. The van der Waals surface area contributed by atoms with Gasteiger partial charge in [-0.2, -0.15) is 18.3 Å². The highest BCUT2D eigenvalue weighted by atomic mass is 19.4. The van der Waals surface area contributed by atoms with Crippen LogP contribution in [0, 0.1) is 0 Å². The van der Waals surface area contributed by atoms with Gasteiger partial charge in [-0.3, -0.25) is 4.79 Å². The molecule has 0 N–H and O–H groups in total. The number of nitrogens with zero attached hydrogens (tertiary/aromatic N) is 3. The van der Waals surface area contributed by atoms with Gasteiger partial charge < -0.3 is 14.4 Å². The minimum absolute atomic E-state index is 0.0961. The van der Waals surface area contributed by atoms with Crippen molar-refractivity contribution in [2.24, 2.45) is 0 Å². The lowest BCUT2D eigenvalue weighted by Gasteiger charge is -2.48. The molecule has 3 rings (SSSR count). The third-order valence-corrected chi connectivity index (χ3v) is 3.81. The van der Waals surface area contributed by atoms with E-state index in [0.29, 0.717) is 19.0 Å². The highest BCUT2D eigenvalue weighted by Gasteiger charge is 2.63. The van der Waals surface area contributed by atoms with E-state index in [0.717, 1.165) is 18.4 Å². The molecule has 1 fully saturated rings. The molecule has 0 aromatic carbocycles. The summed E-state index contributed by atoms with van der Waals surface area (Å²) in [7, 11) is 0.998. The number of rotatable bonds is 2. The zero-order chi connectivity index (χ0) is 15.3. The monoisotopic (exact) mass is 305 g/mol. The normalized spacial score (nSPS) is 20.5. The van der Waals surface area contributed by atoms with Crippen molar-refractivity contribution in [1.82, 2.24) is 14.7 Å². The van der Waals surface area contributed by atoms with E-state index in [4.69, 9.17) is 4.74 Å². The molecule has 1 saturated heterocycles. The molecule has 21 heavy (non-hydrogen) atoms. The summed E-state index contributed by atoms with van der Waals surface area (Å²) in [6, 6.07) is 1.46. The van der Waals surface area contributed by atoms with Crippen LogP contribution in [0.25, 0.3) is 0 Å². The number of amides is 1. The van der Waals surface area contributed by atoms with Crippen LogP contribution in [0.2, 0.25) is 0 Å². The Bertz CT molecular complexity index is 540. The van der Waals surface area contributed by atoms with Crippen molar-refractivity contribution in [1.29, 1.82) is 0 Å². The molecule has 3 heterocycles. The second-order valence-corrected chi connectivity index (χ2v) is 5.15. The van der Waals surface area contributed by atoms with Crippen molar-refractivity contribution < 1.29 is 27.4 Å². The van der Waals surface area contributed by atoms with Crippen LogP contribution in [0.4, 0.5) is 13.2 Å². The molecule has 0 atom stereocenters. The van der Waals surface area contributed by atoms with Gasteiger partial charge in [0.25, 0.3) is 5.91 Å². The summed E-state index contributed by atoms with van der Waals surface area (Å²) in [6.45, 7) is 0.140. The number of fused-ring (bicyclic) bond motifs is 1. The van der Waals surface area contributed by atoms with Gasteiger partial charge in [-0.25, -0.2) is 4.68 Å². The van der Waals surface area contributed by atoms with Crippen LogP contribution in [-0.4, -0.2) is 59.2 Å². The zero-order valence-corrected chi connectivity index (χ0v) is 11.3. The van der Waals surface area contributed by atoms with Crippen LogP contribution in [0.1, 0.15) is 16.9 Å². The average Bonchev–Trinajstić information content (AvgIpc) is 2.79. The fourth-order valence-electron chi connectivity index (χ4n) is 2.47. The van der Waals surface area contributed by atoms with Crippen molar-refractivity contribution in [2.45, 2.75) is 24.7 Å². The maximum absolute atomic E-state index is 12.9. The number of likely N-dealkylation sites (tertiary alicyclic amines) is 1. The number of alkyl halides is 3. The quantitative estimate of drug-likeness (QED) is 0.820. The summed E-state index contributed by atoms with van der Waals surface area (Å²) in [5, 5.41) is 4.07. The molecular weight excluding hydrogens is 291 g/mol. The van der Waals surface area contributed by atoms with E-state index in [1.807, 2.05) is 0 Å². The minimum Gasteiger partial charge on any atom is -0.478 e. The largest absolute Gasteiger partial charge is 0.478 e. The summed E-state index contributed by atoms with van der Waals surface area (Å²) in [5.41, 5.74) is -2.17. The summed E-state index contributed by atoms with van der Waals surface area (Å²) in [5.74, 6) is -0.0728. The topological polar surface area (TPSA) is 56.6 Å². The number of carbonyl (C=O) groups excluding carboxylic acids is 1. The molecule has 2 aliphatic heterocycles. The second kappa shape index (κ2) is 4.62. The van der Waals surface area contributed by atoms with E-state index in [-0.39, 0.29) is 5.69 Å². The number of halogens is 3. The van der Waals surface area contributed by atoms with Crippen molar-refractivity contribution >= 4 is 5.91 Å². The molecule has 1 aromatic rings. The molecule has 0 radical (unpaired) electrons. The first-order chi connectivity index (χ1) is 9.86. The van der Waals surface area contributed by atoms with Crippen LogP contribution in [0.3, 0.4) is 0 Å². The van der Waals surface area contributed by atoms with Crippen LogP contribution >= 0.6 is 0 Å². The van der Waals surface area contributed by atoms with Gasteiger partial charge in [0.15, 0.2) is 11.3 Å². The van der Waals surface area contributed by atoms with Gasteiger partial charge in [0.05, 0.1) is 19.7 Å². The van der Waals surface area contributed by atoms with E-state index in [1.54, 1.807) is 4.68 Å². The highest BCUT2D eigenvalue weighted by Crippen LogP contribution is 2.41. The number of methoxy groups -OCH3 is 1. The lowest BCUT2D eigenvalue weighted by molar-refractivity contribution is -0.303. The number of aromatic nitrogens is 2. The number of hydrogen-bond donors (Lipinski definition) is 0. The smallest absolute Gasteiger partial charge is 0.420 e. The van der Waals surface area contributed by atoms with Crippen molar-refractivity contribution in [3.8, 4) is 5.88 Å². The Hall–Kier alpha value is -1.77. The summed E-state index contributed by atoms with van der Waals surface area (Å²) in [6.07, 6.45) is -3.72. The molecule has 0 aliphatic carbocycles. The lowest BCUT2D eigenvalue weighted by Crippen LogP contribution is -2.71. The lowest BCUT2D eigenvalue weighted by atomic mass is 9.92. The number of hydrogen-bond acceptors (Lipinski definition) is 4. The van der Waals surface area contributed by atoms with Crippen molar-refractivity contribution in [3.63, 3.8) is 0 Å². The van der Waals surface area contributed by atoms with E-state index >= 15 is 0 Å². The Morgan fingerprint density at radius 2 is 2.19 bits per heavy atom. The van der Waals surface area contributed by atoms with Gasteiger partial charge in [-0.05, 0) is 0 Å². The maximum Gasteiger partial charge on any atom is 0.420 e. The molecule has 0 unspecified atom stereocenters. The summed E-state index contributed by atoms with van der Waals surface area (Å²) in [4.78, 5) is 13.2. The molecule has 0 spiro atoms. The van der Waals surface area contributed by atoms with Gasteiger partial charge in [0.1, 0.15) is 0 Å². The summed E-state index contributed by atoms with van der Waals surface area (Å²) < 4.78 is 50.1. The van der Waals surface area contributed by atoms with Crippen LogP contribution in [-0.2, 0) is 11.3 Å². The van der Waals surface area contributed by atoms with Crippen LogP contribution in [0.5, 0.6) is 5.88 Å². The predicted octanol–water partition coefficient (Wildman–Crippen LogP) is 1.07. The Labute approximate surface area is 118 Å². The number of aryl methyl sites for hydroxylation is 1. The SMILES string of the molecule is COC1(C(F)(F)F)CN(C(=O)c2cc3n(n2)CCCO3)C1. The fourth-order valence-corrected chi connectivity index (χ4v) is 2.47. The Morgan fingerprint density at radius 3 is 2.76 bits per heavy atom. The molecule has 116 valence electrons. The first kappa shape index (κ1) is 14.2. The standard InChI is InChI=1S/C12H14F3N3O3/c1-20-11(12(13,14)15)6-17(7-11)10(19)8-5-9-18(16-8)3-2-4-21-9/h5H,2-4,6-7H2,1H3. The van der Waals surface area contributed by atoms with E-state index < -0.39 is 30.8 Å². The van der Waals surface area contributed by atoms with Gasteiger partial charge in [-0.15, -0.1) is 0 Å². The first-order valence-corrected chi connectivity index (χ1v) is 6.48.